The summed E-state index contributed by atoms with van der Waals surface area (Å²) in [6, 6.07) is 13.2. The summed E-state index contributed by atoms with van der Waals surface area (Å²) in [5, 5.41) is 4.09. The average molecular weight is 508 g/mol. The Labute approximate surface area is 213 Å². The summed E-state index contributed by atoms with van der Waals surface area (Å²) in [5.74, 6) is 0.851. The summed E-state index contributed by atoms with van der Waals surface area (Å²) < 4.78 is 5.75. The van der Waals surface area contributed by atoms with E-state index in [1.807, 2.05) is 37.2 Å². The fraction of sp³-hybridized carbons (Fsp3) is 0.231. The number of aromatic nitrogens is 3. The van der Waals surface area contributed by atoms with Gasteiger partial charge in [0.1, 0.15) is 28.8 Å². The van der Waals surface area contributed by atoms with Crippen molar-refractivity contribution in [2.24, 2.45) is 0 Å². The van der Waals surface area contributed by atoms with Crippen molar-refractivity contribution in [2.75, 3.05) is 32.1 Å². The van der Waals surface area contributed by atoms with Gasteiger partial charge in [-0.3, -0.25) is 9.78 Å². The summed E-state index contributed by atoms with van der Waals surface area (Å²) in [6.07, 6.45) is 3.87. The number of hydrogen-bond acceptors (Lipinski definition) is 6. The molecule has 0 fully saturated rings. The Morgan fingerprint density at radius 3 is 2.63 bits per heavy atom. The lowest BCUT2D eigenvalue weighted by Crippen LogP contribution is -2.32. The molecule has 0 saturated carbocycles. The standard InChI is InChI=1S/C26H23Cl2N5O2/c1-33(2)25-20(26(34)30-12-15-7-8-35-21-6-4-3-5-19(15)21)13-29-23-22(31-14-32-24(23)25)16-9-17(27)11-18(28)10-16/h3-6,9-11,13-15H,7-8,12H2,1-2H3,(H,30,34). The number of carbonyl (C=O) groups excluding carboxylic acids is 1. The van der Waals surface area contributed by atoms with Gasteiger partial charge in [-0.05, 0) is 36.2 Å². The number of nitrogens with one attached hydrogen (secondary N) is 1. The normalized spacial score (nSPS) is 14.8. The van der Waals surface area contributed by atoms with Crippen LogP contribution >= 0.6 is 23.2 Å². The summed E-state index contributed by atoms with van der Waals surface area (Å²) in [4.78, 5) is 28.7. The Morgan fingerprint density at radius 2 is 1.86 bits per heavy atom. The molecule has 35 heavy (non-hydrogen) atoms. The van der Waals surface area contributed by atoms with Crippen LogP contribution in [0.25, 0.3) is 22.3 Å². The van der Waals surface area contributed by atoms with Crippen LogP contribution in [0.4, 0.5) is 5.69 Å². The number of amides is 1. The Morgan fingerprint density at radius 1 is 1.09 bits per heavy atom. The number of anilines is 1. The molecule has 0 radical (unpaired) electrons. The van der Waals surface area contributed by atoms with E-state index in [2.05, 4.69) is 26.3 Å². The van der Waals surface area contributed by atoms with Gasteiger partial charge in [0, 0.05) is 48.4 Å². The first kappa shape index (κ1) is 23.3. The van der Waals surface area contributed by atoms with E-state index < -0.39 is 0 Å². The first-order valence-electron chi connectivity index (χ1n) is 11.2. The van der Waals surface area contributed by atoms with Crippen molar-refractivity contribution in [2.45, 2.75) is 12.3 Å². The summed E-state index contributed by atoms with van der Waals surface area (Å²) in [6.45, 7) is 1.13. The third kappa shape index (κ3) is 4.61. The van der Waals surface area contributed by atoms with Crippen LogP contribution < -0.4 is 15.0 Å². The fourth-order valence-corrected chi connectivity index (χ4v) is 4.98. The monoisotopic (exact) mass is 507 g/mol. The van der Waals surface area contributed by atoms with Crippen molar-refractivity contribution in [3.05, 3.63) is 76.2 Å². The zero-order chi connectivity index (χ0) is 24.5. The van der Waals surface area contributed by atoms with Crippen LogP contribution in [-0.4, -0.2) is 48.1 Å². The lowest BCUT2D eigenvalue weighted by atomic mass is 9.93. The highest BCUT2D eigenvalue weighted by Crippen LogP contribution is 2.35. The van der Waals surface area contributed by atoms with E-state index in [1.54, 1.807) is 24.4 Å². The molecule has 1 unspecified atom stereocenters. The Balaban J connectivity index is 1.49. The van der Waals surface area contributed by atoms with Crippen LogP contribution in [0.15, 0.2) is 55.0 Å². The zero-order valence-electron chi connectivity index (χ0n) is 19.3. The van der Waals surface area contributed by atoms with Crippen molar-refractivity contribution >= 4 is 45.8 Å². The molecular weight excluding hydrogens is 485 g/mol. The second-order valence-corrected chi connectivity index (χ2v) is 9.45. The lowest BCUT2D eigenvalue weighted by molar-refractivity contribution is 0.0948. The molecule has 0 saturated heterocycles. The van der Waals surface area contributed by atoms with Crippen LogP contribution in [-0.2, 0) is 0 Å². The van der Waals surface area contributed by atoms with Gasteiger partial charge in [-0.25, -0.2) is 9.97 Å². The quantitative estimate of drug-likeness (QED) is 0.391. The van der Waals surface area contributed by atoms with Crippen LogP contribution in [0.2, 0.25) is 10.0 Å². The van der Waals surface area contributed by atoms with Gasteiger partial charge < -0.3 is 15.0 Å². The predicted octanol–water partition coefficient (Wildman–Crippen LogP) is 5.36. The Hall–Kier alpha value is -3.42. The first-order valence-corrected chi connectivity index (χ1v) is 12.0. The maximum absolute atomic E-state index is 13.3. The molecule has 3 heterocycles. The predicted molar refractivity (Wildman–Crippen MR) is 139 cm³/mol. The molecule has 1 amide bonds. The number of halogens is 2. The molecule has 1 aliphatic heterocycles. The van der Waals surface area contributed by atoms with E-state index in [1.165, 1.54) is 6.33 Å². The smallest absolute Gasteiger partial charge is 0.255 e. The number of rotatable bonds is 5. The lowest BCUT2D eigenvalue weighted by Gasteiger charge is -2.26. The van der Waals surface area contributed by atoms with Crippen molar-refractivity contribution in [3.8, 4) is 17.0 Å². The van der Waals surface area contributed by atoms with E-state index in [9.17, 15) is 4.79 Å². The third-order valence-electron chi connectivity index (χ3n) is 6.04. The van der Waals surface area contributed by atoms with E-state index in [4.69, 9.17) is 27.9 Å². The number of ether oxygens (including phenoxy) is 1. The SMILES string of the molecule is CN(C)c1c(C(=O)NCC2CCOc3ccccc32)cnc2c(-c3cc(Cl)cc(Cl)c3)ncnc12. The van der Waals surface area contributed by atoms with Gasteiger partial charge in [0.05, 0.1) is 17.9 Å². The topological polar surface area (TPSA) is 80.2 Å². The molecule has 0 aliphatic carbocycles. The number of pyridine rings is 1. The van der Waals surface area contributed by atoms with Gasteiger partial charge in [-0.1, -0.05) is 41.4 Å². The largest absolute Gasteiger partial charge is 0.493 e. The van der Waals surface area contributed by atoms with E-state index in [0.717, 1.165) is 23.3 Å². The van der Waals surface area contributed by atoms with Gasteiger partial charge in [-0.15, -0.1) is 0 Å². The van der Waals surface area contributed by atoms with E-state index >= 15 is 0 Å². The van der Waals surface area contributed by atoms with E-state index in [0.29, 0.717) is 51.2 Å². The molecule has 1 N–H and O–H groups in total. The fourth-order valence-electron chi connectivity index (χ4n) is 4.45. The number of carbonyl (C=O) groups is 1. The molecular formula is C26H23Cl2N5O2. The number of hydrogen-bond donors (Lipinski definition) is 1. The molecule has 2 aromatic heterocycles. The first-order chi connectivity index (χ1) is 16.9. The Bertz CT molecular complexity index is 1410. The minimum atomic E-state index is -0.210. The Kier molecular flexibility index (Phi) is 6.45. The van der Waals surface area contributed by atoms with Crippen LogP contribution in [0.5, 0.6) is 5.75 Å². The van der Waals surface area contributed by atoms with Gasteiger partial charge in [0.15, 0.2) is 0 Å². The minimum absolute atomic E-state index is 0.182. The second-order valence-electron chi connectivity index (χ2n) is 8.57. The number of para-hydroxylation sites is 1. The third-order valence-corrected chi connectivity index (χ3v) is 6.48. The van der Waals surface area contributed by atoms with Crippen molar-refractivity contribution in [1.82, 2.24) is 20.3 Å². The van der Waals surface area contributed by atoms with Crippen LogP contribution in [0, 0.1) is 0 Å². The van der Waals surface area contributed by atoms with Gasteiger partial charge in [-0.2, -0.15) is 0 Å². The highest BCUT2D eigenvalue weighted by Gasteiger charge is 2.24. The molecule has 1 atom stereocenters. The zero-order valence-corrected chi connectivity index (χ0v) is 20.8. The van der Waals surface area contributed by atoms with Crippen molar-refractivity contribution < 1.29 is 9.53 Å². The molecule has 4 aromatic rings. The maximum atomic E-state index is 13.3. The average Bonchev–Trinajstić information content (AvgIpc) is 2.85. The molecule has 2 aromatic carbocycles. The number of fused-ring (bicyclic) bond motifs is 2. The van der Waals surface area contributed by atoms with Gasteiger partial charge >= 0.3 is 0 Å². The minimum Gasteiger partial charge on any atom is -0.493 e. The molecule has 5 rings (SSSR count). The molecule has 0 bridgehead atoms. The molecule has 7 nitrogen and oxygen atoms in total. The van der Waals surface area contributed by atoms with E-state index in [-0.39, 0.29) is 11.8 Å². The summed E-state index contributed by atoms with van der Waals surface area (Å²) >= 11 is 12.4. The van der Waals surface area contributed by atoms with Crippen molar-refractivity contribution in [3.63, 3.8) is 0 Å². The number of nitrogens with zero attached hydrogens (tertiary/aromatic N) is 4. The highest BCUT2D eigenvalue weighted by molar-refractivity contribution is 6.35. The molecule has 178 valence electrons. The summed E-state index contributed by atoms with van der Waals surface area (Å²) in [7, 11) is 3.75. The maximum Gasteiger partial charge on any atom is 0.255 e. The van der Waals surface area contributed by atoms with Crippen molar-refractivity contribution in [1.29, 1.82) is 0 Å². The molecule has 1 aliphatic rings. The number of benzene rings is 2. The molecule has 0 spiro atoms. The second kappa shape index (κ2) is 9.68. The van der Waals surface area contributed by atoms with Crippen LogP contribution in [0.1, 0.15) is 28.3 Å². The summed E-state index contributed by atoms with van der Waals surface area (Å²) in [5.41, 5.74) is 4.66. The highest BCUT2D eigenvalue weighted by atomic mass is 35.5. The van der Waals surface area contributed by atoms with Gasteiger partial charge in [0.25, 0.3) is 5.91 Å². The van der Waals surface area contributed by atoms with Crippen LogP contribution in [0.3, 0.4) is 0 Å². The molecule has 9 heteroatoms. The van der Waals surface area contributed by atoms with Gasteiger partial charge in [0.2, 0.25) is 0 Å².